The van der Waals surface area contributed by atoms with E-state index < -0.39 is 27.8 Å². The summed E-state index contributed by atoms with van der Waals surface area (Å²) >= 11 is 0. The fourth-order valence-electron chi connectivity index (χ4n) is 2.21. The van der Waals surface area contributed by atoms with Gasteiger partial charge in [-0.2, -0.15) is 4.39 Å². The molecular formula is C13H16F2N2O4. The molecule has 0 atom stereocenters. The first-order chi connectivity index (χ1) is 9.91. The van der Waals surface area contributed by atoms with Gasteiger partial charge in [0.05, 0.1) is 10.5 Å². The lowest BCUT2D eigenvalue weighted by molar-refractivity contribution is -0.387. The first-order valence-corrected chi connectivity index (χ1v) is 6.54. The average Bonchev–Trinajstić information content (AvgIpc) is 2.41. The third kappa shape index (κ3) is 3.93. The summed E-state index contributed by atoms with van der Waals surface area (Å²) in [7, 11) is 0. The molecule has 1 aliphatic heterocycles. The third-order valence-electron chi connectivity index (χ3n) is 3.51. The summed E-state index contributed by atoms with van der Waals surface area (Å²) in [6.45, 7) is 1.08. The number of benzene rings is 1. The average molecular weight is 302 g/mol. The highest BCUT2D eigenvalue weighted by molar-refractivity contribution is 5.37. The van der Waals surface area contributed by atoms with Crippen LogP contribution in [0, 0.1) is 21.7 Å². The third-order valence-corrected chi connectivity index (χ3v) is 3.51. The Kier molecular flexibility index (Phi) is 4.81. The zero-order valence-electron chi connectivity index (χ0n) is 11.3. The molecule has 0 radical (unpaired) electrons. The van der Waals surface area contributed by atoms with Gasteiger partial charge >= 0.3 is 5.69 Å². The van der Waals surface area contributed by atoms with Crippen LogP contribution in [-0.4, -0.2) is 35.4 Å². The van der Waals surface area contributed by atoms with Gasteiger partial charge in [-0.1, -0.05) is 0 Å². The summed E-state index contributed by atoms with van der Waals surface area (Å²) in [4.78, 5) is 9.73. The maximum atomic E-state index is 13.6. The maximum Gasteiger partial charge on any atom is 0.305 e. The van der Waals surface area contributed by atoms with E-state index >= 15 is 0 Å². The van der Waals surface area contributed by atoms with Crippen molar-refractivity contribution in [2.24, 2.45) is 0 Å². The minimum Gasteiger partial charge on any atom is -0.388 e. The molecule has 0 aliphatic carbocycles. The molecule has 1 aliphatic rings. The van der Waals surface area contributed by atoms with Gasteiger partial charge in [-0.3, -0.25) is 10.1 Å². The second kappa shape index (κ2) is 6.42. The minimum absolute atomic E-state index is 0.0150. The van der Waals surface area contributed by atoms with E-state index in [1.54, 1.807) is 0 Å². The lowest BCUT2D eigenvalue weighted by Gasteiger charge is -2.32. The van der Waals surface area contributed by atoms with Crippen molar-refractivity contribution in [3.63, 3.8) is 0 Å². The molecule has 0 spiro atoms. The molecule has 21 heavy (non-hydrogen) atoms. The first kappa shape index (κ1) is 15.7. The van der Waals surface area contributed by atoms with Crippen LogP contribution >= 0.6 is 0 Å². The van der Waals surface area contributed by atoms with Crippen LogP contribution < -0.4 is 5.32 Å². The molecule has 2 rings (SSSR count). The molecule has 1 fully saturated rings. The van der Waals surface area contributed by atoms with Crippen molar-refractivity contribution in [1.29, 1.82) is 0 Å². The largest absolute Gasteiger partial charge is 0.388 e. The fourth-order valence-corrected chi connectivity index (χ4v) is 2.21. The van der Waals surface area contributed by atoms with Crippen LogP contribution in [0.4, 0.5) is 14.5 Å². The van der Waals surface area contributed by atoms with Gasteiger partial charge in [-0.25, -0.2) is 4.39 Å². The quantitative estimate of drug-likeness (QED) is 0.636. The number of hydrogen-bond acceptors (Lipinski definition) is 5. The second-order valence-corrected chi connectivity index (χ2v) is 5.09. The molecule has 1 aromatic carbocycles. The van der Waals surface area contributed by atoms with E-state index in [2.05, 4.69) is 5.32 Å². The van der Waals surface area contributed by atoms with Gasteiger partial charge < -0.3 is 15.2 Å². The van der Waals surface area contributed by atoms with Crippen LogP contribution in [0.2, 0.25) is 0 Å². The number of nitrogens with one attached hydrogen (secondary N) is 1. The highest BCUT2D eigenvalue weighted by atomic mass is 19.1. The van der Waals surface area contributed by atoms with E-state index in [0.717, 1.165) is 6.07 Å². The Labute approximate surface area is 119 Å². The molecular weight excluding hydrogens is 286 g/mol. The molecule has 6 nitrogen and oxygen atoms in total. The molecule has 2 N–H and O–H groups in total. The van der Waals surface area contributed by atoms with E-state index in [1.807, 2.05) is 0 Å². The van der Waals surface area contributed by atoms with Crippen molar-refractivity contribution >= 4 is 5.69 Å². The molecule has 0 aromatic heterocycles. The topological polar surface area (TPSA) is 84.6 Å². The Morgan fingerprint density at radius 1 is 1.33 bits per heavy atom. The zero-order chi connectivity index (χ0) is 15.5. The van der Waals surface area contributed by atoms with Gasteiger partial charge in [0, 0.05) is 56.8 Å². The summed E-state index contributed by atoms with van der Waals surface area (Å²) in [6, 6.07) is 1.37. The number of aliphatic hydroxyl groups is 1. The van der Waals surface area contributed by atoms with Crippen LogP contribution in [0.1, 0.15) is 18.4 Å². The monoisotopic (exact) mass is 302 g/mol. The highest BCUT2D eigenvalue weighted by Crippen LogP contribution is 2.22. The van der Waals surface area contributed by atoms with Gasteiger partial charge in [0.15, 0.2) is 0 Å². The molecule has 1 heterocycles. The standard InChI is InChI=1S/C13H16F2N2O4/c14-10-6-11(15)12(17(19)20)5-9(10)7-16-8-13(18)1-3-21-4-2-13/h5-6,16,18H,1-4,7-8H2. The number of halogens is 2. The minimum atomic E-state index is -1.20. The number of rotatable bonds is 5. The van der Waals surface area contributed by atoms with Crippen molar-refractivity contribution in [3.8, 4) is 0 Å². The highest BCUT2D eigenvalue weighted by Gasteiger charge is 2.29. The molecule has 0 amide bonds. The Balaban J connectivity index is 1.99. The second-order valence-electron chi connectivity index (χ2n) is 5.09. The molecule has 1 aromatic rings. The van der Waals surface area contributed by atoms with Crippen LogP contribution in [0.3, 0.4) is 0 Å². The number of nitrogens with zero attached hydrogens (tertiary/aromatic N) is 1. The van der Waals surface area contributed by atoms with Crippen molar-refractivity contribution in [1.82, 2.24) is 5.32 Å². The van der Waals surface area contributed by atoms with Crippen LogP contribution in [0.15, 0.2) is 12.1 Å². The Morgan fingerprint density at radius 3 is 2.62 bits per heavy atom. The van der Waals surface area contributed by atoms with Crippen molar-refractivity contribution in [2.75, 3.05) is 19.8 Å². The smallest absolute Gasteiger partial charge is 0.305 e. The maximum absolute atomic E-state index is 13.6. The van der Waals surface area contributed by atoms with Gasteiger partial charge in [-0.05, 0) is 0 Å². The molecule has 8 heteroatoms. The van der Waals surface area contributed by atoms with Crippen molar-refractivity contribution < 1.29 is 23.5 Å². The lowest BCUT2D eigenvalue weighted by Crippen LogP contribution is -2.44. The molecule has 0 bridgehead atoms. The SMILES string of the molecule is O=[N+]([O-])c1cc(CNCC2(O)CCOCC2)c(F)cc1F. The first-order valence-electron chi connectivity index (χ1n) is 6.54. The number of ether oxygens (including phenoxy) is 1. The molecule has 1 saturated heterocycles. The van der Waals surface area contributed by atoms with Gasteiger partial charge in [0.2, 0.25) is 5.82 Å². The number of nitro groups is 1. The van der Waals surface area contributed by atoms with Crippen molar-refractivity contribution in [3.05, 3.63) is 39.4 Å². The van der Waals surface area contributed by atoms with Gasteiger partial charge in [-0.15, -0.1) is 0 Å². The molecule has 0 saturated carbocycles. The predicted octanol–water partition coefficient (Wildman–Crippen LogP) is 1.50. The van der Waals surface area contributed by atoms with E-state index in [4.69, 9.17) is 4.74 Å². The zero-order valence-corrected chi connectivity index (χ0v) is 11.3. The van der Waals surface area contributed by atoms with Crippen molar-refractivity contribution in [2.45, 2.75) is 25.0 Å². The van der Waals surface area contributed by atoms with Crippen LogP contribution in [0.5, 0.6) is 0 Å². The molecule has 0 unspecified atom stereocenters. The summed E-state index contributed by atoms with van der Waals surface area (Å²) in [5.74, 6) is -2.06. The van der Waals surface area contributed by atoms with Gasteiger partial charge in [0.25, 0.3) is 0 Å². The fraction of sp³-hybridized carbons (Fsp3) is 0.538. The summed E-state index contributed by atoms with van der Waals surface area (Å²) in [6.07, 6.45) is 0.929. The van der Waals surface area contributed by atoms with Gasteiger partial charge in [0.1, 0.15) is 5.82 Å². The Bertz CT molecular complexity index is 533. The van der Waals surface area contributed by atoms with Crippen LogP contribution in [0.25, 0.3) is 0 Å². The van der Waals surface area contributed by atoms with E-state index in [0.29, 0.717) is 32.1 Å². The van der Waals surface area contributed by atoms with E-state index in [9.17, 15) is 24.0 Å². The van der Waals surface area contributed by atoms with E-state index in [1.165, 1.54) is 0 Å². The van der Waals surface area contributed by atoms with E-state index in [-0.39, 0.29) is 18.7 Å². The predicted molar refractivity (Wildman–Crippen MR) is 69.7 cm³/mol. The summed E-state index contributed by atoms with van der Waals surface area (Å²) in [5, 5.41) is 23.7. The lowest BCUT2D eigenvalue weighted by atomic mass is 9.94. The number of hydrogen-bond donors (Lipinski definition) is 2. The normalized spacial score (nSPS) is 17.7. The van der Waals surface area contributed by atoms with Crippen LogP contribution in [-0.2, 0) is 11.3 Å². The Hall–Kier alpha value is -1.64. The Morgan fingerprint density at radius 2 is 2.00 bits per heavy atom. The molecule has 116 valence electrons. The summed E-state index contributed by atoms with van der Waals surface area (Å²) in [5.41, 5.74) is -1.71. The number of nitro benzene ring substituents is 1. The summed E-state index contributed by atoms with van der Waals surface area (Å²) < 4.78 is 31.9.